The quantitative estimate of drug-likeness (QED) is 0.803. The van der Waals surface area contributed by atoms with E-state index in [0.29, 0.717) is 0 Å². The maximum atomic E-state index is 6.27. The highest BCUT2D eigenvalue weighted by Crippen LogP contribution is 2.37. The van der Waals surface area contributed by atoms with E-state index in [4.69, 9.17) is 4.43 Å². The molecule has 0 aliphatic rings. The van der Waals surface area contributed by atoms with Crippen molar-refractivity contribution >= 4 is 8.32 Å². The van der Waals surface area contributed by atoms with Gasteiger partial charge in [-0.2, -0.15) is 0 Å². The molecule has 0 saturated heterocycles. The largest absolute Gasteiger partial charge is 0.544 e. The summed E-state index contributed by atoms with van der Waals surface area (Å²) >= 11 is 0. The van der Waals surface area contributed by atoms with Crippen molar-refractivity contribution < 1.29 is 4.43 Å². The first-order chi connectivity index (χ1) is 9.62. The second-order valence-electron chi connectivity index (χ2n) is 6.90. The first-order valence-corrected chi connectivity index (χ1v) is 10.0. The highest BCUT2D eigenvalue weighted by molar-refractivity contribution is 6.74. The van der Waals surface area contributed by atoms with Gasteiger partial charge in [-0.1, -0.05) is 26.0 Å². The zero-order valence-corrected chi connectivity index (χ0v) is 14.8. The fourth-order valence-corrected chi connectivity index (χ4v) is 2.76. The standard InChI is InChI=1S/C16H24N3OSi/c1-12-15(17-18-19(12)5)13-8-10-14(11-9-13)20-21(6,7)16(2,3)4/h8-11H,1H2,2-7H3. The van der Waals surface area contributed by atoms with E-state index in [1.165, 1.54) is 0 Å². The van der Waals surface area contributed by atoms with Gasteiger partial charge in [-0.25, -0.2) is 0 Å². The summed E-state index contributed by atoms with van der Waals surface area (Å²) in [4.78, 5) is 0. The Hall–Kier alpha value is -1.62. The second-order valence-corrected chi connectivity index (χ2v) is 11.6. The van der Waals surface area contributed by atoms with Crippen LogP contribution in [-0.4, -0.2) is 23.3 Å². The number of hydrogen-bond donors (Lipinski definition) is 0. The van der Waals surface area contributed by atoms with Gasteiger partial charge in [0.15, 0.2) is 0 Å². The average molecular weight is 302 g/mol. The smallest absolute Gasteiger partial charge is 0.250 e. The van der Waals surface area contributed by atoms with E-state index in [9.17, 15) is 0 Å². The van der Waals surface area contributed by atoms with Crippen LogP contribution in [0.15, 0.2) is 24.3 Å². The average Bonchev–Trinajstić information content (AvgIpc) is 2.69. The van der Waals surface area contributed by atoms with Crippen LogP contribution in [-0.2, 0) is 7.05 Å². The zero-order chi connectivity index (χ0) is 15.8. The molecule has 0 unspecified atom stereocenters. The van der Waals surface area contributed by atoms with E-state index < -0.39 is 8.32 Å². The van der Waals surface area contributed by atoms with Crippen LogP contribution < -0.4 is 4.43 Å². The summed E-state index contributed by atoms with van der Waals surface area (Å²) in [6.45, 7) is 15.2. The van der Waals surface area contributed by atoms with E-state index in [1.54, 1.807) is 4.68 Å². The Labute approximate surface area is 128 Å². The molecular weight excluding hydrogens is 278 g/mol. The number of nitrogens with zero attached hydrogens (tertiary/aromatic N) is 3. The molecule has 0 saturated carbocycles. The van der Waals surface area contributed by atoms with Crippen LogP contribution in [0.25, 0.3) is 11.3 Å². The number of rotatable bonds is 3. The summed E-state index contributed by atoms with van der Waals surface area (Å²) in [5.74, 6) is 0.917. The second kappa shape index (κ2) is 5.29. The van der Waals surface area contributed by atoms with Gasteiger partial charge in [0.2, 0.25) is 8.32 Å². The van der Waals surface area contributed by atoms with Crippen LogP contribution in [0.5, 0.6) is 5.75 Å². The predicted octanol–water partition coefficient (Wildman–Crippen LogP) is 4.05. The summed E-state index contributed by atoms with van der Waals surface area (Å²) in [6.07, 6.45) is 0. The molecule has 4 nitrogen and oxygen atoms in total. The maximum Gasteiger partial charge on any atom is 0.250 e. The lowest BCUT2D eigenvalue weighted by molar-refractivity contribution is 0.492. The highest BCUT2D eigenvalue weighted by Gasteiger charge is 2.38. The summed E-state index contributed by atoms with van der Waals surface area (Å²) < 4.78 is 7.95. The van der Waals surface area contributed by atoms with Gasteiger partial charge in [0, 0.05) is 12.6 Å². The molecule has 1 aromatic carbocycles. The molecule has 0 amide bonds. The Morgan fingerprint density at radius 3 is 2.14 bits per heavy atom. The van der Waals surface area contributed by atoms with Crippen molar-refractivity contribution in [3.8, 4) is 17.0 Å². The number of aromatic nitrogens is 3. The summed E-state index contributed by atoms with van der Waals surface area (Å²) in [6, 6.07) is 8.04. The van der Waals surface area contributed by atoms with Crippen LogP contribution in [0, 0.1) is 6.92 Å². The predicted molar refractivity (Wildman–Crippen MR) is 88.7 cm³/mol. The summed E-state index contributed by atoms with van der Waals surface area (Å²) in [5, 5.41) is 8.33. The first kappa shape index (κ1) is 15.8. The molecule has 5 heteroatoms. The minimum absolute atomic E-state index is 0.192. The van der Waals surface area contributed by atoms with Crippen LogP contribution >= 0.6 is 0 Å². The van der Waals surface area contributed by atoms with E-state index in [-0.39, 0.29) is 5.04 Å². The Morgan fingerprint density at radius 1 is 1.14 bits per heavy atom. The molecule has 0 bridgehead atoms. The van der Waals surface area contributed by atoms with Gasteiger partial charge in [0.1, 0.15) is 11.4 Å². The van der Waals surface area contributed by atoms with Crippen LogP contribution in [0.3, 0.4) is 0 Å². The lowest BCUT2D eigenvalue weighted by Gasteiger charge is -2.36. The topological polar surface area (TPSA) is 39.9 Å². The molecule has 21 heavy (non-hydrogen) atoms. The maximum absolute atomic E-state index is 6.27. The number of benzene rings is 1. The SMILES string of the molecule is [CH2]c1c(-c2ccc(O[Si](C)(C)C(C)(C)C)cc2)nnn1C. The van der Waals surface area contributed by atoms with Crippen LogP contribution in [0.1, 0.15) is 26.5 Å². The third-order valence-corrected chi connectivity index (χ3v) is 8.61. The monoisotopic (exact) mass is 302 g/mol. The Kier molecular flexibility index (Phi) is 3.97. The molecule has 1 heterocycles. The molecule has 0 N–H and O–H groups in total. The highest BCUT2D eigenvalue weighted by atomic mass is 28.4. The van der Waals surface area contributed by atoms with Crippen molar-refractivity contribution in [2.45, 2.75) is 38.9 Å². The lowest BCUT2D eigenvalue weighted by atomic mass is 10.1. The van der Waals surface area contributed by atoms with E-state index in [1.807, 2.05) is 31.3 Å². The number of hydrogen-bond acceptors (Lipinski definition) is 3. The summed E-state index contributed by atoms with van der Waals surface area (Å²) in [5.41, 5.74) is 2.64. The van der Waals surface area contributed by atoms with Crippen molar-refractivity contribution in [1.29, 1.82) is 0 Å². The normalized spacial score (nSPS) is 12.5. The van der Waals surface area contributed by atoms with Crippen molar-refractivity contribution in [2.24, 2.45) is 7.05 Å². The van der Waals surface area contributed by atoms with Crippen molar-refractivity contribution in [3.63, 3.8) is 0 Å². The van der Waals surface area contributed by atoms with Crippen molar-refractivity contribution in [3.05, 3.63) is 36.9 Å². The van der Waals surface area contributed by atoms with Gasteiger partial charge in [-0.3, -0.25) is 4.68 Å². The Balaban J connectivity index is 2.22. The van der Waals surface area contributed by atoms with Gasteiger partial charge in [-0.05, 0) is 49.3 Å². The summed E-state index contributed by atoms with van der Waals surface area (Å²) in [7, 11) is 0.0474. The molecule has 2 rings (SSSR count). The molecular formula is C16H24N3OSi. The molecule has 113 valence electrons. The minimum atomic E-state index is -1.79. The van der Waals surface area contributed by atoms with Gasteiger partial charge < -0.3 is 4.43 Å². The fourth-order valence-electron chi connectivity index (χ4n) is 1.73. The van der Waals surface area contributed by atoms with Gasteiger partial charge in [0.25, 0.3) is 0 Å². The minimum Gasteiger partial charge on any atom is -0.544 e. The molecule has 0 aliphatic carbocycles. The third kappa shape index (κ3) is 3.18. The van der Waals surface area contributed by atoms with Crippen molar-refractivity contribution in [1.82, 2.24) is 15.0 Å². The molecule has 0 atom stereocenters. The van der Waals surface area contributed by atoms with E-state index >= 15 is 0 Å². The van der Waals surface area contributed by atoms with Gasteiger partial charge in [0.05, 0.1) is 5.69 Å². The van der Waals surface area contributed by atoms with Gasteiger partial charge in [-0.15, -0.1) is 5.10 Å². The molecule has 0 spiro atoms. The molecule has 0 aliphatic heterocycles. The molecule has 0 fully saturated rings. The van der Waals surface area contributed by atoms with E-state index in [0.717, 1.165) is 22.7 Å². The molecule has 1 radical (unpaired) electrons. The zero-order valence-electron chi connectivity index (χ0n) is 13.8. The Morgan fingerprint density at radius 2 is 1.71 bits per heavy atom. The first-order valence-electron chi connectivity index (χ1n) is 7.13. The molecule has 2 aromatic rings. The van der Waals surface area contributed by atoms with Crippen LogP contribution in [0.2, 0.25) is 18.1 Å². The number of aryl methyl sites for hydroxylation is 1. The van der Waals surface area contributed by atoms with Crippen LogP contribution in [0.4, 0.5) is 0 Å². The lowest BCUT2D eigenvalue weighted by Crippen LogP contribution is -2.43. The Bertz CT molecular complexity index is 624. The van der Waals surface area contributed by atoms with Crippen molar-refractivity contribution in [2.75, 3.05) is 0 Å². The molecule has 1 aromatic heterocycles. The van der Waals surface area contributed by atoms with E-state index in [2.05, 4.69) is 51.1 Å². The fraction of sp³-hybridized carbons (Fsp3) is 0.438. The third-order valence-electron chi connectivity index (χ3n) is 4.25. The van der Waals surface area contributed by atoms with Gasteiger partial charge >= 0.3 is 0 Å².